The van der Waals surface area contributed by atoms with Crippen molar-refractivity contribution in [3.8, 4) is 0 Å². The number of nitrogens with one attached hydrogen (secondary N) is 1. The first-order valence-corrected chi connectivity index (χ1v) is 9.96. The highest BCUT2D eigenvalue weighted by Gasteiger charge is 2.43. The molecule has 2 aliphatic heterocycles. The van der Waals surface area contributed by atoms with E-state index in [4.69, 9.17) is 20.8 Å². The average molecular weight is 403 g/mol. The summed E-state index contributed by atoms with van der Waals surface area (Å²) < 4.78 is 11.3. The molecule has 2 amide bonds. The quantitative estimate of drug-likeness (QED) is 0.849. The largest absolute Gasteiger partial charge is 0.472 e. The maximum atomic E-state index is 12.4. The molecule has 0 radical (unpaired) electrons. The Labute approximate surface area is 168 Å². The van der Waals surface area contributed by atoms with Crippen molar-refractivity contribution in [2.45, 2.75) is 37.4 Å². The van der Waals surface area contributed by atoms with E-state index in [9.17, 15) is 9.59 Å². The van der Waals surface area contributed by atoms with Crippen molar-refractivity contribution in [2.75, 3.05) is 19.6 Å². The second kappa shape index (κ2) is 7.97. The van der Waals surface area contributed by atoms with Crippen LogP contribution in [0.5, 0.6) is 0 Å². The summed E-state index contributed by atoms with van der Waals surface area (Å²) in [5, 5.41) is 3.37. The topological polar surface area (TPSA) is 71.8 Å². The van der Waals surface area contributed by atoms with Crippen LogP contribution in [0.1, 0.15) is 46.4 Å². The number of likely N-dealkylation sites (tertiary alicyclic amines) is 1. The number of hydrogen-bond donors (Lipinski definition) is 1. The number of carbonyl (C=O) groups excluding carboxylic acids is 2. The fourth-order valence-corrected chi connectivity index (χ4v) is 4.26. The third-order valence-corrected chi connectivity index (χ3v) is 6.01. The smallest absolute Gasteiger partial charge is 0.257 e. The fraction of sp³-hybridized carbons (Fsp3) is 0.429. The van der Waals surface area contributed by atoms with Crippen LogP contribution in [-0.4, -0.2) is 48.1 Å². The van der Waals surface area contributed by atoms with E-state index in [1.807, 2.05) is 4.90 Å². The van der Waals surface area contributed by atoms with Gasteiger partial charge in [0, 0.05) is 19.6 Å². The van der Waals surface area contributed by atoms with Crippen LogP contribution in [0.2, 0.25) is 5.02 Å². The standard InChI is InChI=1S/C21H23ClN2O4/c22-18-4-2-1-3-17(18)19(25)23-13-16-5-7-21(28-16)8-10-24(11-9-21)20(26)15-6-12-27-14-15/h1-4,6,12,14,16H,5,7-11,13H2,(H,23,25)/t16-/m0/s1. The first-order valence-electron chi connectivity index (χ1n) is 9.58. The number of nitrogens with zero attached hydrogens (tertiary/aromatic N) is 1. The second-order valence-electron chi connectivity index (χ2n) is 7.46. The van der Waals surface area contributed by atoms with Crippen molar-refractivity contribution in [3.63, 3.8) is 0 Å². The molecule has 1 N–H and O–H groups in total. The van der Waals surface area contributed by atoms with Crippen molar-refractivity contribution in [2.24, 2.45) is 0 Å². The van der Waals surface area contributed by atoms with E-state index in [0.717, 1.165) is 25.7 Å². The number of rotatable bonds is 4. The maximum absolute atomic E-state index is 12.4. The molecule has 2 fully saturated rings. The minimum atomic E-state index is -0.188. The zero-order chi connectivity index (χ0) is 19.6. The molecule has 7 heteroatoms. The fourth-order valence-electron chi connectivity index (χ4n) is 4.04. The van der Waals surface area contributed by atoms with E-state index in [2.05, 4.69) is 5.32 Å². The molecular weight excluding hydrogens is 380 g/mol. The van der Waals surface area contributed by atoms with Crippen LogP contribution in [0.4, 0.5) is 0 Å². The van der Waals surface area contributed by atoms with Gasteiger partial charge in [-0.25, -0.2) is 0 Å². The lowest BCUT2D eigenvalue weighted by Crippen LogP contribution is -2.47. The lowest BCUT2D eigenvalue weighted by molar-refractivity contribution is -0.0712. The van der Waals surface area contributed by atoms with Crippen LogP contribution < -0.4 is 5.32 Å². The predicted octanol–water partition coefficient (Wildman–Crippen LogP) is 3.52. The molecule has 4 rings (SSSR count). The third-order valence-electron chi connectivity index (χ3n) is 5.68. The molecule has 148 valence electrons. The Morgan fingerprint density at radius 2 is 1.96 bits per heavy atom. The van der Waals surface area contributed by atoms with E-state index < -0.39 is 0 Å². The number of amides is 2. The zero-order valence-electron chi connectivity index (χ0n) is 15.5. The van der Waals surface area contributed by atoms with Gasteiger partial charge in [0.2, 0.25) is 0 Å². The van der Waals surface area contributed by atoms with Gasteiger partial charge in [0.05, 0.1) is 34.1 Å². The lowest BCUT2D eigenvalue weighted by atomic mass is 9.88. The molecule has 1 aromatic heterocycles. The molecule has 28 heavy (non-hydrogen) atoms. The van der Waals surface area contributed by atoms with Gasteiger partial charge in [0.1, 0.15) is 6.26 Å². The number of ether oxygens (including phenoxy) is 1. The first kappa shape index (κ1) is 19.0. The van der Waals surface area contributed by atoms with Gasteiger partial charge in [0.25, 0.3) is 11.8 Å². The van der Waals surface area contributed by atoms with Crippen LogP contribution in [0.25, 0.3) is 0 Å². The molecule has 2 aromatic rings. The number of halogens is 1. The van der Waals surface area contributed by atoms with Crippen molar-refractivity contribution in [1.82, 2.24) is 10.2 Å². The van der Waals surface area contributed by atoms with Gasteiger partial charge in [-0.05, 0) is 43.9 Å². The second-order valence-corrected chi connectivity index (χ2v) is 7.86. The highest BCUT2D eigenvalue weighted by atomic mass is 35.5. The Morgan fingerprint density at radius 1 is 1.18 bits per heavy atom. The molecule has 0 aliphatic carbocycles. The van der Waals surface area contributed by atoms with E-state index in [1.165, 1.54) is 12.5 Å². The molecule has 2 aliphatic rings. The molecule has 3 heterocycles. The van der Waals surface area contributed by atoms with Crippen LogP contribution in [0, 0.1) is 0 Å². The minimum Gasteiger partial charge on any atom is -0.472 e. The van der Waals surface area contributed by atoms with Gasteiger partial charge >= 0.3 is 0 Å². The Morgan fingerprint density at radius 3 is 2.68 bits per heavy atom. The Hall–Kier alpha value is -2.31. The SMILES string of the molecule is O=C(NC[C@@H]1CCC2(CCN(C(=O)c3ccoc3)CC2)O1)c1ccccc1Cl. The van der Waals surface area contributed by atoms with E-state index >= 15 is 0 Å². The summed E-state index contributed by atoms with van der Waals surface area (Å²) in [5.74, 6) is -0.180. The van der Waals surface area contributed by atoms with Crippen molar-refractivity contribution >= 4 is 23.4 Å². The summed E-state index contributed by atoms with van der Waals surface area (Å²) in [4.78, 5) is 26.6. The van der Waals surface area contributed by atoms with Crippen LogP contribution >= 0.6 is 11.6 Å². The number of benzene rings is 1. The molecular formula is C21H23ClN2O4. The van der Waals surface area contributed by atoms with Crippen LogP contribution in [0.3, 0.4) is 0 Å². The summed E-state index contributed by atoms with van der Waals surface area (Å²) in [6, 6.07) is 8.70. The molecule has 0 saturated carbocycles. The van der Waals surface area contributed by atoms with Crippen molar-refractivity contribution < 1.29 is 18.7 Å². The number of carbonyl (C=O) groups is 2. The monoisotopic (exact) mass is 402 g/mol. The number of furan rings is 1. The summed E-state index contributed by atoms with van der Waals surface area (Å²) in [7, 11) is 0. The maximum Gasteiger partial charge on any atom is 0.257 e. The van der Waals surface area contributed by atoms with Gasteiger partial charge in [-0.2, -0.15) is 0 Å². The first-order chi connectivity index (χ1) is 13.6. The number of hydrogen-bond acceptors (Lipinski definition) is 4. The lowest BCUT2D eigenvalue weighted by Gasteiger charge is -2.39. The zero-order valence-corrected chi connectivity index (χ0v) is 16.3. The van der Waals surface area contributed by atoms with Gasteiger partial charge in [-0.1, -0.05) is 23.7 Å². The molecule has 1 spiro atoms. The molecule has 2 saturated heterocycles. The molecule has 0 bridgehead atoms. The minimum absolute atomic E-state index is 0.00477. The van der Waals surface area contributed by atoms with Gasteiger partial charge in [-0.15, -0.1) is 0 Å². The third kappa shape index (κ3) is 3.93. The molecule has 1 atom stereocenters. The summed E-state index contributed by atoms with van der Waals surface area (Å²) >= 11 is 6.08. The van der Waals surface area contributed by atoms with E-state index in [-0.39, 0.29) is 23.5 Å². The van der Waals surface area contributed by atoms with Crippen molar-refractivity contribution in [1.29, 1.82) is 0 Å². The number of piperidine rings is 1. The molecule has 6 nitrogen and oxygen atoms in total. The highest BCUT2D eigenvalue weighted by Crippen LogP contribution is 2.39. The van der Waals surface area contributed by atoms with Crippen molar-refractivity contribution in [3.05, 3.63) is 59.0 Å². The van der Waals surface area contributed by atoms with Gasteiger partial charge in [0.15, 0.2) is 0 Å². The van der Waals surface area contributed by atoms with Crippen LogP contribution in [0.15, 0.2) is 47.3 Å². The normalized spacial score (nSPS) is 21.0. The predicted molar refractivity (Wildman–Crippen MR) is 104 cm³/mol. The van der Waals surface area contributed by atoms with Gasteiger partial charge < -0.3 is 19.4 Å². The average Bonchev–Trinajstić information content (AvgIpc) is 3.37. The Kier molecular flexibility index (Phi) is 5.42. The molecule has 0 unspecified atom stereocenters. The highest BCUT2D eigenvalue weighted by molar-refractivity contribution is 6.33. The van der Waals surface area contributed by atoms with E-state index in [1.54, 1.807) is 30.3 Å². The molecule has 1 aromatic carbocycles. The van der Waals surface area contributed by atoms with E-state index in [0.29, 0.717) is 35.8 Å². The Balaban J connectivity index is 1.27. The summed E-state index contributed by atoms with van der Waals surface area (Å²) in [5.41, 5.74) is 0.874. The van der Waals surface area contributed by atoms with Crippen LogP contribution in [-0.2, 0) is 4.74 Å². The van der Waals surface area contributed by atoms with Gasteiger partial charge in [-0.3, -0.25) is 9.59 Å². The summed E-state index contributed by atoms with van der Waals surface area (Å²) in [6.07, 6.45) is 6.46. The Bertz CT molecular complexity index is 844. The summed E-state index contributed by atoms with van der Waals surface area (Å²) in [6.45, 7) is 1.80.